The number of hydrogen-bond donors (Lipinski definition) is 1. The quantitative estimate of drug-likeness (QED) is 0.675. The third-order valence-corrected chi connectivity index (χ3v) is 2.43. The molecule has 1 aromatic carbocycles. The van der Waals surface area contributed by atoms with Gasteiger partial charge in [0.15, 0.2) is 5.75 Å². The molecule has 0 bridgehead atoms. The number of anilines is 1. The van der Waals surface area contributed by atoms with Gasteiger partial charge in [0.05, 0.1) is 11.0 Å². The number of benzene rings is 1. The second-order valence-electron chi connectivity index (χ2n) is 3.71. The molecular formula is C12H10FN3O3. The summed E-state index contributed by atoms with van der Waals surface area (Å²) in [7, 11) is 0. The maximum Gasteiger partial charge on any atom is 0.313 e. The van der Waals surface area contributed by atoms with Gasteiger partial charge in [0.1, 0.15) is 18.2 Å². The largest absolute Gasteiger partial charge is 0.482 e. The van der Waals surface area contributed by atoms with E-state index in [2.05, 4.69) is 4.98 Å². The molecule has 0 atom stereocenters. The van der Waals surface area contributed by atoms with Crippen LogP contribution >= 0.6 is 0 Å². The topological polar surface area (TPSA) is 91.3 Å². The molecule has 0 spiro atoms. The number of nitrogens with zero attached hydrogens (tertiary/aromatic N) is 2. The number of hydrogen-bond acceptors (Lipinski definition) is 5. The normalized spacial score (nSPS) is 10.2. The van der Waals surface area contributed by atoms with Crippen LogP contribution in [0.4, 0.5) is 15.9 Å². The van der Waals surface area contributed by atoms with E-state index in [1.807, 2.05) is 0 Å². The second-order valence-corrected chi connectivity index (χ2v) is 3.71. The molecule has 19 heavy (non-hydrogen) atoms. The van der Waals surface area contributed by atoms with Crippen LogP contribution in [0.15, 0.2) is 36.5 Å². The number of pyridine rings is 1. The lowest BCUT2D eigenvalue weighted by atomic mass is 10.2. The number of aromatic nitrogens is 1. The van der Waals surface area contributed by atoms with Gasteiger partial charge in [-0.05, 0) is 18.2 Å². The third-order valence-electron chi connectivity index (χ3n) is 2.43. The van der Waals surface area contributed by atoms with Crippen LogP contribution in [-0.2, 0) is 6.61 Å². The molecule has 98 valence electrons. The highest BCUT2D eigenvalue weighted by Crippen LogP contribution is 2.28. The van der Waals surface area contributed by atoms with E-state index in [1.165, 1.54) is 12.3 Å². The van der Waals surface area contributed by atoms with Crippen molar-refractivity contribution in [2.75, 3.05) is 5.73 Å². The molecule has 0 saturated heterocycles. The molecular weight excluding hydrogens is 253 g/mol. The molecule has 0 aliphatic rings. The monoisotopic (exact) mass is 263 g/mol. The van der Waals surface area contributed by atoms with Gasteiger partial charge >= 0.3 is 5.69 Å². The predicted octanol–water partition coefficient (Wildman–Crippen LogP) is 2.29. The molecule has 0 aliphatic carbocycles. The first kappa shape index (κ1) is 12.7. The Morgan fingerprint density at radius 2 is 2.21 bits per heavy atom. The summed E-state index contributed by atoms with van der Waals surface area (Å²) in [6.45, 7) is 0.0200. The van der Waals surface area contributed by atoms with Crippen LogP contribution in [0.1, 0.15) is 5.56 Å². The van der Waals surface area contributed by atoms with E-state index < -0.39 is 16.4 Å². The van der Waals surface area contributed by atoms with Crippen molar-refractivity contribution in [2.24, 2.45) is 0 Å². The van der Waals surface area contributed by atoms with Gasteiger partial charge in [-0.3, -0.25) is 10.1 Å². The molecule has 0 saturated carbocycles. The van der Waals surface area contributed by atoms with Crippen LogP contribution in [0.5, 0.6) is 5.75 Å². The average Bonchev–Trinajstić information content (AvgIpc) is 2.38. The molecule has 1 aromatic heterocycles. The fraction of sp³-hybridized carbons (Fsp3) is 0.0833. The zero-order valence-electron chi connectivity index (χ0n) is 9.75. The third kappa shape index (κ3) is 2.95. The maximum absolute atomic E-state index is 12.9. The van der Waals surface area contributed by atoms with Crippen LogP contribution in [0.3, 0.4) is 0 Å². The number of ether oxygens (including phenoxy) is 1. The minimum atomic E-state index is -0.703. The Hall–Kier alpha value is -2.70. The van der Waals surface area contributed by atoms with Gasteiger partial charge in [-0.1, -0.05) is 6.07 Å². The summed E-state index contributed by atoms with van der Waals surface area (Å²) in [6, 6.07) is 6.47. The number of nitro groups is 1. The van der Waals surface area contributed by atoms with Crippen molar-refractivity contribution < 1.29 is 14.1 Å². The van der Waals surface area contributed by atoms with E-state index in [0.717, 1.165) is 12.1 Å². The Morgan fingerprint density at radius 1 is 1.42 bits per heavy atom. The number of nitrogen functional groups attached to an aromatic ring is 1. The van der Waals surface area contributed by atoms with Crippen molar-refractivity contribution in [3.63, 3.8) is 0 Å². The van der Waals surface area contributed by atoms with Crippen molar-refractivity contribution in [2.45, 2.75) is 6.61 Å². The zero-order valence-corrected chi connectivity index (χ0v) is 9.75. The fourth-order valence-electron chi connectivity index (χ4n) is 1.48. The molecule has 7 heteroatoms. The van der Waals surface area contributed by atoms with Gasteiger partial charge in [0, 0.05) is 11.8 Å². The van der Waals surface area contributed by atoms with Crippen LogP contribution in [-0.4, -0.2) is 9.91 Å². The minimum Gasteiger partial charge on any atom is -0.482 e. The van der Waals surface area contributed by atoms with E-state index in [1.54, 1.807) is 12.1 Å². The smallest absolute Gasteiger partial charge is 0.313 e. The standard InChI is InChI=1S/C12H10FN3O3/c13-9-3-4-11(10(6-9)16(17)18)19-7-8-2-1-5-15-12(8)14/h1-6H,7H2,(H2,14,15). The number of nitrogens with two attached hydrogens (primary N) is 1. The Bertz CT molecular complexity index is 619. The lowest BCUT2D eigenvalue weighted by molar-refractivity contribution is -0.386. The van der Waals surface area contributed by atoms with E-state index in [9.17, 15) is 14.5 Å². The van der Waals surface area contributed by atoms with E-state index >= 15 is 0 Å². The van der Waals surface area contributed by atoms with Crippen molar-refractivity contribution in [3.8, 4) is 5.75 Å². The first-order valence-corrected chi connectivity index (χ1v) is 5.34. The fourth-order valence-corrected chi connectivity index (χ4v) is 1.48. The van der Waals surface area contributed by atoms with E-state index in [0.29, 0.717) is 5.56 Å². The molecule has 2 N–H and O–H groups in total. The lowest BCUT2D eigenvalue weighted by Crippen LogP contribution is -2.03. The summed E-state index contributed by atoms with van der Waals surface area (Å²) in [5.74, 6) is -0.429. The first-order chi connectivity index (χ1) is 9.08. The Balaban J connectivity index is 2.20. The molecule has 0 fully saturated rings. The van der Waals surface area contributed by atoms with Crippen LogP contribution in [0.25, 0.3) is 0 Å². The SMILES string of the molecule is Nc1ncccc1COc1ccc(F)cc1[N+](=O)[O-]. The summed E-state index contributed by atoms with van der Waals surface area (Å²) >= 11 is 0. The van der Waals surface area contributed by atoms with Gasteiger partial charge in [0.2, 0.25) is 0 Å². The van der Waals surface area contributed by atoms with Crippen molar-refractivity contribution in [1.82, 2.24) is 4.98 Å². The van der Waals surface area contributed by atoms with Crippen molar-refractivity contribution in [3.05, 3.63) is 58.0 Å². The highest BCUT2D eigenvalue weighted by atomic mass is 19.1. The molecule has 0 aliphatic heterocycles. The second kappa shape index (κ2) is 5.30. The van der Waals surface area contributed by atoms with Crippen molar-refractivity contribution >= 4 is 11.5 Å². The Kier molecular flexibility index (Phi) is 3.56. The molecule has 6 nitrogen and oxygen atoms in total. The van der Waals surface area contributed by atoms with Gasteiger partial charge < -0.3 is 10.5 Å². The molecule has 2 aromatic rings. The minimum absolute atomic E-state index is 0.0188. The summed E-state index contributed by atoms with van der Waals surface area (Å²) < 4.78 is 18.2. The van der Waals surface area contributed by atoms with E-state index in [4.69, 9.17) is 10.5 Å². The van der Waals surface area contributed by atoms with Crippen molar-refractivity contribution in [1.29, 1.82) is 0 Å². The highest BCUT2D eigenvalue weighted by molar-refractivity contribution is 5.47. The van der Waals surface area contributed by atoms with Crippen LogP contribution in [0, 0.1) is 15.9 Å². The van der Waals surface area contributed by atoms with E-state index in [-0.39, 0.29) is 18.2 Å². The number of halogens is 1. The highest BCUT2D eigenvalue weighted by Gasteiger charge is 2.16. The molecule has 1 heterocycles. The molecule has 2 rings (SSSR count). The van der Waals surface area contributed by atoms with Crippen LogP contribution in [0.2, 0.25) is 0 Å². The van der Waals surface area contributed by atoms with Crippen LogP contribution < -0.4 is 10.5 Å². The summed E-state index contributed by atoms with van der Waals surface area (Å²) in [6.07, 6.45) is 1.53. The van der Waals surface area contributed by atoms with Gasteiger partial charge in [0.25, 0.3) is 0 Å². The lowest BCUT2D eigenvalue weighted by Gasteiger charge is -2.08. The predicted molar refractivity (Wildman–Crippen MR) is 66.0 cm³/mol. The zero-order chi connectivity index (χ0) is 13.8. The Morgan fingerprint density at radius 3 is 2.89 bits per heavy atom. The first-order valence-electron chi connectivity index (χ1n) is 5.34. The Labute approximate surface area is 107 Å². The van der Waals surface area contributed by atoms with Gasteiger partial charge in [-0.2, -0.15) is 0 Å². The average molecular weight is 263 g/mol. The maximum atomic E-state index is 12.9. The summed E-state index contributed by atoms with van der Waals surface area (Å²) in [4.78, 5) is 13.9. The van der Waals surface area contributed by atoms with Gasteiger partial charge in [-0.15, -0.1) is 0 Å². The molecule has 0 unspecified atom stereocenters. The molecule has 0 amide bonds. The summed E-state index contributed by atoms with van der Waals surface area (Å²) in [5, 5.41) is 10.8. The number of nitro benzene ring substituents is 1. The van der Waals surface area contributed by atoms with Gasteiger partial charge in [-0.25, -0.2) is 9.37 Å². The number of rotatable bonds is 4. The summed E-state index contributed by atoms with van der Waals surface area (Å²) in [5.41, 5.74) is 5.79. The molecule has 0 radical (unpaired) electrons.